The summed E-state index contributed by atoms with van der Waals surface area (Å²) in [7, 11) is 1.74. The van der Waals surface area contributed by atoms with E-state index in [9.17, 15) is 0 Å². The third kappa shape index (κ3) is 1.57. The van der Waals surface area contributed by atoms with Crippen LogP contribution in [0.5, 0.6) is 0 Å². The Labute approximate surface area is 102 Å². The molecule has 90 valence electrons. The summed E-state index contributed by atoms with van der Waals surface area (Å²) in [5.74, 6) is 0.638. The lowest BCUT2D eigenvalue weighted by Crippen LogP contribution is -2.37. The summed E-state index contributed by atoms with van der Waals surface area (Å²) < 4.78 is 5.62. The zero-order valence-corrected chi connectivity index (χ0v) is 10.1. The van der Waals surface area contributed by atoms with Gasteiger partial charge in [0.15, 0.2) is 6.23 Å². The number of nitrogens with zero attached hydrogens (tertiary/aromatic N) is 1. The highest BCUT2D eigenvalue weighted by Crippen LogP contribution is 2.39. The van der Waals surface area contributed by atoms with Gasteiger partial charge in [-0.15, -0.1) is 0 Å². The molecule has 0 radical (unpaired) electrons. The van der Waals surface area contributed by atoms with E-state index in [2.05, 4.69) is 11.0 Å². The number of ether oxygens (including phenoxy) is 1. The maximum Gasteiger partial charge on any atom is 0.158 e. The minimum absolute atomic E-state index is 0.0539. The standard InChI is InChI=1S/C14H18N2O/c1-17-14-12-9-5-4-8-11(12)13(15)16(14)10-6-2-3-7-10/h4-5,8-10,14-15H,2-3,6-7H2,1H3. The summed E-state index contributed by atoms with van der Waals surface area (Å²) in [6, 6.07) is 8.61. The second kappa shape index (κ2) is 4.15. The van der Waals surface area contributed by atoms with E-state index in [4.69, 9.17) is 10.1 Å². The van der Waals surface area contributed by atoms with Crippen molar-refractivity contribution in [1.82, 2.24) is 4.90 Å². The van der Waals surface area contributed by atoms with Gasteiger partial charge in [-0.3, -0.25) is 5.41 Å². The third-order valence-corrected chi connectivity index (χ3v) is 3.93. The Morgan fingerprint density at radius 1 is 1.24 bits per heavy atom. The monoisotopic (exact) mass is 230 g/mol. The van der Waals surface area contributed by atoms with Crippen LogP contribution in [0.25, 0.3) is 0 Å². The van der Waals surface area contributed by atoms with Gasteiger partial charge in [0, 0.05) is 24.3 Å². The first kappa shape index (κ1) is 10.8. The average molecular weight is 230 g/mol. The topological polar surface area (TPSA) is 36.3 Å². The number of rotatable bonds is 2. The molecule has 0 bridgehead atoms. The van der Waals surface area contributed by atoms with Gasteiger partial charge in [-0.05, 0) is 12.8 Å². The van der Waals surface area contributed by atoms with Crippen molar-refractivity contribution in [2.24, 2.45) is 0 Å². The van der Waals surface area contributed by atoms with Gasteiger partial charge in [-0.25, -0.2) is 0 Å². The van der Waals surface area contributed by atoms with Crippen LogP contribution in [0.3, 0.4) is 0 Å². The van der Waals surface area contributed by atoms with Gasteiger partial charge in [0.05, 0.1) is 0 Å². The lowest BCUT2D eigenvalue weighted by atomic mass is 10.1. The number of benzene rings is 1. The quantitative estimate of drug-likeness (QED) is 0.848. The molecule has 0 spiro atoms. The number of fused-ring (bicyclic) bond motifs is 1. The fourth-order valence-corrected chi connectivity index (χ4v) is 3.13. The van der Waals surface area contributed by atoms with Crippen molar-refractivity contribution in [1.29, 1.82) is 5.41 Å². The van der Waals surface area contributed by atoms with Crippen LogP contribution in [0, 0.1) is 5.41 Å². The minimum atomic E-state index is -0.0539. The van der Waals surface area contributed by atoms with Crippen molar-refractivity contribution in [2.75, 3.05) is 7.11 Å². The highest BCUT2D eigenvalue weighted by atomic mass is 16.5. The van der Waals surface area contributed by atoms with Gasteiger partial charge < -0.3 is 9.64 Å². The molecule has 3 rings (SSSR count). The predicted octanol–water partition coefficient (Wildman–Crippen LogP) is 2.92. The van der Waals surface area contributed by atoms with Crippen LogP contribution in [0.4, 0.5) is 0 Å². The molecule has 1 atom stereocenters. The Bertz CT molecular complexity index is 438. The summed E-state index contributed by atoms with van der Waals surface area (Å²) >= 11 is 0. The van der Waals surface area contributed by atoms with Crippen molar-refractivity contribution >= 4 is 5.84 Å². The van der Waals surface area contributed by atoms with Gasteiger partial charge >= 0.3 is 0 Å². The van der Waals surface area contributed by atoms with Gasteiger partial charge in [0.1, 0.15) is 5.84 Å². The fourth-order valence-electron chi connectivity index (χ4n) is 3.13. The molecule has 1 N–H and O–H groups in total. The fraction of sp³-hybridized carbons (Fsp3) is 0.500. The molecule has 1 aromatic carbocycles. The molecule has 1 unspecified atom stereocenters. The van der Waals surface area contributed by atoms with Crippen LogP contribution in [0.15, 0.2) is 24.3 Å². The van der Waals surface area contributed by atoms with Gasteiger partial charge in [0.25, 0.3) is 0 Å². The SMILES string of the molecule is COC1c2ccccc2C(=N)N1C1CCCC1. The van der Waals surface area contributed by atoms with Crippen LogP contribution in [0.2, 0.25) is 0 Å². The number of nitrogens with one attached hydrogen (secondary N) is 1. The Balaban J connectivity index is 1.99. The molecule has 1 fully saturated rings. The van der Waals surface area contributed by atoms with E-state index >= 15 is 0 Å². The smallest absolute Gasteiger partial charge is 0.158 e. The predicted molar refractivity (Wildman–Crippen MR) is 67.1 cm³/mol. The van der Waals surface area contributed by atoms with E-state index in [1.54, 1.807) is 7.11 Å². The van der Waals surface area contributed by atoms with Crippen LogP contribution in [-0.4, -0.2) is 23.9 Å². The molecule has 1 aliphatic carbocycles. The number of hydrogen-bond acceptors (Lipinski definition) is 2. The van der Waals surface area contributed by atoms with Crippen LogP contribution in [-0.2, 0) is 4.74 Å². The molecule has 2 aliphatic rings. The second-order valence-corrected chi connectivity index (χ2v) is 4.87. The molecule has 0 amide bonds. The highest BCUT2D eigenvalue weighted by molar-refractivity contribution is 6.01. The zero-order valence-electron chi connectivity index (χ0n) is 10.1. The Hall–Kier alpha value is -1.35. The molecule has 1 saturated carbocycles. The van der Waals surface area contributed by atoms with Crippen molar-refractivity contribution in [3.05, 3.63) is 35.4 Å². The number of amidine groups is 1. The first-order valence-corrected chi connectivity index (χ1v) is 6.32. The number of methoxy groups -OCH3 is 1. The average Bonchev–Trinajstić information content (AvgIpc) is 2.96. The molecule has 17 heavy (non-hydrogen) atoms. The molecular formula is C14H18N2O. The first-order valence-electron chi connectivity index (χ1n) is 6.32. The Kier molecular flexibility index (Phi) is 2.63. The minimum Gasteiger partial charge on any atom is -0.357 e. The van der Waals surface area contributed by atoms with Gasteiger partial charge in [-0.1, -0.05) is 37.1 Å². The molecule has 1 aliphatic heterocycles. The maximum atomic E-state index is 8.33. The van der Waals surface area contributed by atoms with E-state index < -0.39 is 0 Å². The van der Waals surface area contributed by atoms with Gasteiger partial charge in [-0.2, -0.15) is 0 Å². The number of hydrogen-bond donors (Lipinski definition) is 1. The largest absolute Gasteiger partial charge is 0.357 e. The van der Waals surface area contributed by atoms with Crippen molar-refractivity contribution in [3.8, 4) is 0 Å². The van der Waals surface area contributed by atoms with Crippen LogP contribution >= 0.6 is 0 Å². The molecule has 0 aromatic heterocycles. The zero-order chi connectivity index (χ0) is 11.8. The lowest BCUT2D eigenvalue weighted by molar-refractivity contribution is -0.00642. The van der Waals surface area contributed by atoms with Crippen LogP contribution in [0.1, 0.15) is 43.0 Å². The Morgan fingerprint density at radius 3 is 2.65 bits per heavy atom. The normalized spacial score (nSPS) is 24.4. The van der Waals surface area contributed by atoms with Crippen LogP contribution < -0.4 is 0 Å². The molecular weight excluding hydrogens is 212 g/mol. The molecule has 0 saturated heterocycles. The molecule has 3 heteroatoms. The summed E-state index contributed by atoms with van der Waals surface area (Å²) in [5.41, 5.74) is 2.18. The molecule has 1 aromatic rings. The van der Waals surface area contributed by atoms with E-state index in [0.717, 1.165) is 11.1 Å². The summed E-state index contributed by atoms with van der Waals surface area (Å²) in [6.07, 6.45) is 4.89. The van der Waals surface area contributed by atoms with E-state index in [1.807, 2.05) is 18.2 Å². The highest BCUT2D eigenvalue weighted by Gasteiger charge is 2.39. The second-order valence-electron chi connectivity index (χ2n) is 4.87. The molecule has 1 heterocycles. The summed E-state index contributed by atoms with van der Waals surface area (Å²) in [6.45, 7) is 0. The Morgan fingerprint density at radius 2 is 1.94 bits per heavy atom. The van der Waals surface area contributed by atoms with Crippen molar-refractivity contribution in [2.45, 2.75) is 38.0 Å². The molecule has 3 nitrogen and oxygen atoms in total. The third-order valence-electron chi connectivity index (χ3n) is 3.93. The van der Waals surface area contributed by atoms with Crippen molar-refractivity contribution < 1.29 is 4.74 Å². The van der Waals surface area contributed by atoms with E-state index in [-0.39, 0.29) is 6.23 Å². The van der Waals surface area contributed by atoms with E-state index in [0.29, 0.717) is 11.9 Å². The lowest BCUT2D eigenvalue weighted by Gasteiger charge is -2.31. The summed E-state index contributed by atoms with van der Waals surface area (Å²) in [5, 5.41) is 8.33. The maximum absolute atomic E-state index is 8.33. The van der Waals surface area contributed by atoms with Gasteiger partial charge in [0.2, 0.25) is 0 Å². The van der Waals surface area contributed by atoms with E-state index in [1.165, 1.54) is 25.7 Å². The summed E-state index contributed by atoms with van der Waals surface area (Å²) in [4.78, 5) is 2.16. The van der Waals surface area contributed by atoms with Crippen molar-refractivity contribution in [3.63, 3.8) is 0 Å². The first-order chi connectivity index (χ1) is 8.33.